The van der Waals surface area contributed by atoms with Crippen LogP contribution in [0.1, 0.15) is 16.8 Å². The second-order valence-electron chi connectivity index (χ2n) is 5.01. The van der Waals surface area contributed by atoms with Crippen LogP contribution in [0.25, 0.3) is 11.0 Å². The normalized spacial score (nSPS) is 16.9. The minimum atomic E-state index is -0.396. The third kappa shape index (κ3) is 1.99. The number of hydrogen-bond acceptors (Lipinski definition) is 4. The molecule has 1 aromatic heterocycles. The van der Waals surface area contributed by atoms with Crippen molar-refractivity contribution in [1.82, 2.24) is 9.55 Å². The first-order chi connectivity index (χ1) is 10.6. The number of nitrogens with zero attached hydrogens (tertiary/aromatic N) is 3. The molecule has 1 atom stereocenters. The van der Waals surface area contributed by atoms with Crippen LogP contribution in [0.15, 0.2) is 42.5 Å². The van der Waals surface area contributed by atoms with Gasteiger partial charge in [-0.2, -0.15) is 0 Å². The maximum absolute atomic E-state index is 11.0. The first-order valence-corrected chi connectivity index (χ1v) is 8.09. The number of aromatic nitrogens is 2. The van der Waals surface area contributed by atoms with Crippen LogP contribution in [0.2, 0.25) is 5.02 Å². The number of hydrogen-bond donors (Lipinski definition) is 0. The molecule has 0 aliphatic carbocycles. The van der Waals surface area contributed by atoms with E-state index in [1.807, 2.05) is 24.3 Å². The summed E-state index contributed by atoms with van der Waals surface area (Å²) in [7, 11) is 0. The molecule has 0 bridgehead atoms. The fourth-order valence-electron chi connectivity index (χ4n) is 2.75. The average Bonchev–Trinajstić information content (AvgIpc) is 3.06. The van der Waals surface area contributed by atoms with Crippen molar-refractivity contribution in [2.75, 3.05) is 0 Å². The zero-order valence-electron chi connectivity index (χ0n) is 11.3. The minimum Gasteiger partial charge on any atom is -0.310 e. The molecule has 2 aromatic carbocycles. The zero-order valence-corrected chi connectivity index (χ0v) is 12.8. The molecule has 1 aliphatic heterocycles. The number of nitro groups is 1. The van der Waals surface area contributed by atoms with Gasteiger partial charge in [-0.3, -0.25) is 10.1 Å². The second-order valence-corrected chi connectivity index (χ2v) is 6.49. The van der Waals surface area contributed by atoms with Crippen molar-refractivity contribution in [2.24, 2.45) is 0 Å². The number of thioether (sulfide) groups is 1. The molecule has 0 amide bonds. The summed E-state index contributed by atoms with van der Waals surface area (Å²) < 4.78 is 2.12. The third-order valence-electron chi connectivity index (χ3n) is 3.73. The van der Waals surface area contributed by atoms with Crippen LogP contribution in [-0.4, -0.2) is 14.5 Å². The van der Waals surface area contributed by atoms with E-state index in [2.05, 4.69) is 9.55 Å². The number of non-ortho nitro benzene ring substituents is 1. The third-order valence-corrected chi connectivity index (χ3v) is 5.28. The topological polar surface area (TPSA) is 61.0 Å². The van der Waals surface area contributed by atoms with Gasteiger partial charge in [0.25, 0.3) is 5.69 Å². The quantitative estimate of drug-likeness (QED) is 0.516. The highest BCUT2D eigenvalue weighted by Crippen LogP contribution is 2.45. The maximum Gasteiger partial charge on any atom is 0.269 e. The Labute approximate surface area is 135 Å². The summed E-state index contributed by atoms with van der Waals surface area (Å²) in [6.07, 6.45) is 0. The summed E-state index contributed by atoms with van der Waals surface area (Å²) in [6.45, 7) is 0. The molecule has 2 heterocycles. The lowest BCUT2D eigenvalue weighted by molar-refractivity contribution is -0.384. The summed E-state index contributed by atoms with van der Waals surface area (Å²) in [6, 6.07) is 12.5. The molecule has 110 valence electrons. The molecule has 3 aromatic rings. The molecule has 0 spiro atoms. The van der Waals surface area contributed by atoms with Crippen LogP contribution in [0.5, 0.6) is 0 Å². The Bertz CT molecular complexity index is 909. The van der Waals surface area contributed by atoms with E-state index in [0.717, 1.165) is 28.2 Å². The van der Waals surface area contributed by atoms with Crippen LogP contribution >= 0.6 is 23.4 Å². The Morgan fingerprint density at radius 2 is 2.14 bits per heavy atom. The lowest BCUT2D eigenvalue weighted by atomic mass is 10.2. The Kier molecular flexibility index (Phi) is 3.09. The molecule has 0 N–H and O–H groups in total. The second kappa shape index (κ2) is 5.00. The van der Waals surface area contributed by atoms with Gasteiger partial charge in [0.2, 0.25) is 0 Å². The van der Waals surface area contributed by atoms with Crippen LogP contribution in [0.3, 0.4) is 0 Å². The highest BCUT2D eigenvalue weighted by molar-refractivity contribution is 7.99. The average molecular weight is 332 g/mol. The predicted octanol–water partition coefficient (Wildman–Crippen LogP) is 4.39. The van der Waals surface area contributed by atoms with Crippen molar-refractivity contribution in [1.29, 1.82) is 0 Å². The van der Waals surface area contributed by atoms with Gasteiger partial charge in [-0.15, -0.1) is 11.8 Å². The van der Waals surface area contributed by atoms with Gasteiger partial charge < -0.3 is 4.57 Å². The standard InChI is InChI=1S/C15H10ClN3O2S/c16-11-6-5-9(19(20)21)7-10(11)15-18-13-4-2-1-3-12(13)17-14(18)8-22-15/h1-7,15H,8H2/t15-/m1/s1. The lowest BCUT2D eigenvalue weighted by Gasteiger charge is -2.15. The Balaban J connectivity index is 1.90. The molecule has 0 radical (unpaired) electrons. The van der Waals surface area contributed by atoms with Crippen LogP contribution in [-0.2, 0) is 5.75 Å². The zero-order chi connectivity index (χ0) is 15.3. The largest absolute Gasteiger partial charge is 0.310 e. The summed E-state index contributed by atoms with van der Waals surface area (Å²) in [5.41, 5.74) is 2.76. The van der Waals surface area contributed by atoms with Crippen molar-refractivity contribution in [3.05, 3.63) is 69.0 Å². The van der Waals surface area contributed by atoms with Gasteiger partial charge in [0.15, 0.2) is 0 Å². The minimum absolute atomic E-state index is 0.0536. The van der Waals surface area contributed by atoms with Gasteiger partial charge in [-0.1, -0.05) is 23.7 Å². The van der Waals surface area contributed by atoms with Crippen LogP contribution in [0, 0.1) is 10.1 Å². The lowest BCUT2D eigenvalue weighted by Crippen LogP contribution is -2.04. The summed E-state index contributed by atoms with van der Waals surface area (Å²) in [5, 5.41) is 11.5. The van der Waals surface area contributed by atoms with E-state index in [1.54, 1.807) is 23.9 Å². The van der Waals surface area contributed by atoms with Crippen LogP contribution < -0.4 is 0 Å². The van der Waals surface area contributed by atoms with Gasteiger partial charge in [0.1, 0.15) is 11.2 Å². The number of rotatable bonds is 2. The smallest absolute Gasteiger partial charge is 0.269 e. The molecule has 1 aliphatic rings. The van der Waals surface area contributed by atoms with Crippen molar-refractivity contribution in [3.8, 4) is 0 Å². The number of fused-ring (bicyclic) bond motifs is 3. The molecular formula is C15H10ClN3O2S. The van der Waals surface area contributed by atoms with E-state index in [4.69, 9.17) is 11.6 Å². The number of halogens is 1. The molecule has 7 heteroatoms. The van der Waals surface area contributed by atoms with Crippen molar-refractivity contribution >= 4 is 40.1 Å². The Hall–Kier alpha value is -2.05. The van der Waals surface area contributed by atoms with E-state index in [-0.39, 0.29) is 11.1 Å². The SMILES string of the molecule is O=[N+]([O-])c1ccc(Cl)c([C@H]2SCc3nc4ccccc4n32)c1. The molecule has 0 unspecified atom stereocenters. The number of nitro benzene ring substituents is 1. The number of imidazole rings is 1. The van der Waals surface area contributed by atoms with E-state index in [9.17, 15) is 10.1 Å². The van der Waals surface area contributed by atoms with Crippen LogP contribution in [0.4, 0.5) is 5.69 Å². The fraction of sp³-hybridized carbons (Fsp3) is 0.133. The monoisotopic (exact) mass is 331 g/mol. The molecule has 0 saturated carbocycles. The van der Waals surface area contributed by atoms with Gasteiger partial charge in [0.05, 0.1) is 21.7 Å². The number of para-hydroxylation sites is 2. The van der Waals surface area contributed by atoms with Gasteiger partial charge in [-0.05, 0) is 18.2 Å². The molecule has 0 fully saturated rings. The van der Waals surface area contributed by atoms with E-state index in [1.165, 1.54) is 6.07 Å². The first-order valence-electron chi connectivity index (χ1n) is 6.66. The van der Waals surface area contributed by atoms with E-state index < -0.39 is 4.92 Å². The molecule has 0 saturated heterocycles. The molecular weight excluding hydrogens is 322 g/mol. The molecule has 22 heavy (non-hydrogen) atoms. The molecule has 5 nitrogen and oxygen atoms in total. The summed E-state index contributed by atoms with van der Waals surface area (Å²) >= 11 is 7.97. The predicted molar refractivity (Wildman–Crippen MR) is 87.3 cm³/mol. The highest BCUT2D eigenvalue weighted by Gasteiger charge is 2.30. The first kappa shape index (κ1) is 13.6. The van der Waals surface area contributed by atoms with Crippen molar-refractivity contribution < 1.29 is 4.92 Å². The number of benzene rings is 2. The molecule has 4 rings (SSSR count). The maximum atomic E-state index is 11.0. The summed E-state index contributed by atoms with van der Waals surface area (Å²) in [5.74, 6) is 1.73. The van der Waals surface area contributed by atoms with Crippen molar-refractivity contribution in [3.63, 3.8) is 0 Å². The van der Waals surface area contributed by atoms with Crippen molar-refractivity contribution in [2.45, 2.75) is 11.1 Å². The van der Waals surface area contributed by atoms with E-state index in [0.29, 0.717) is 5.02 Å². The Morgan fingerprint density at radius 3 is 2.95 bits per heavy atom. The van der Waals surface area contributed by atoms with E-state index >= 15 is 0 Å². The Morgan fingerprint density at radius 1 is 1.32 bits per heavy atom. The van der Waals surface area contributed by atoms with Gasteiger partial charge in [0, 0.05) is 22.7 Å². The van der Waals surface area contributed by atoms with Gasteiger partial charge in [-0.25, -0.2) is 4.98 Å². The van der Waals surface area contributed by atoms with Gasteiger partial charge >= 0.3 is 0 Å². The highest BCUT2D eigenvalue weighted by atomic mass is 35.5. The summed E-state index contributed by atoms with van der Waals surface area (Å²) in [4.78, 5) is 15.2. The fourth-order valence-corrected chi connectivity index (χ4v) is 4.30.